The number of hydrogen-bond donors (Lipinski definition) is 3. The van der Waals surface area contributed by atoms with Gasteiger partial charge in [-0.25, -0.2) is 0 Å². The summed E-state index contributed by atoms with van der Waals surface area (Å²) < 4.78 is 5.46. The minimum atomic E-state index is -0.375. The number of hydrogen-bond acceptors (Lipinski definition) is 4. The number of aliphatic hydroxyl groups excluding tert-OH is 1. The zero-order valence-corrected chi connectivity index (χ0v) is 24.2. The van der Waals surface area contributed by atoms with Crippen LogP contribution >= 0.6 is 0 Å². The number of benzene rings is 3. The van der Waals surface area contributed by atoms with Crippen LogP contribution in [0.25, 0.3) is 0 Å². The van der Waals surface area contributed by atoms with Crippen LogP contribution in [-0.2, 0) is 34.0 Å². The van der Waals surface area contributed by atoms with Gasteiger partial charge >= 0.3 is 0 Å². The van der Waals surface area contributed by atoms with Crippen molar-refractivity contribution in [3.8, 4) is 5.75 Å². The maximum Gasteiger partial charge on any atom is 0.210 e. The Hall–Kier alpha value is -3.35. The van der Waals surface area contributed by atoms with Gasteiger partial charge in [0.2, 0.25) is 5.90 Å². The molecule has 0 aliphatic carbocycles. The molecule has 5 nitrogen and oxygen atoms in total. The summed E-state index contributed by atoms with van der Waals surface area (Å²) in [4.78, 5) is 2.31. The maximum atomic E-state index is 8.90. The molecule has 0 saturated heterocycles. The smallest absolute Gasteiger partial charge is 0.210 e. The van der Waals surface area contributed by atoms with E-state index in [0.29, 0.717) is 5.56 Å². The largest absolute Gasteiger partial charge is 0.497 e. The first-order valence-electron chi connectivity index (χ1n) is 12.6. The van der Waals surface area contributed by atoms with E-state index in [4.69, 9.17) is 20.7 Å². The molecule has 0 spiro atoms. The molecule has 1 unspecified atom stereocenters. The number of anilines is 1. The molecule has 3 aromatic rings. The van der Waals surface area contributed by atoms with Crippen LogP contribution in [0.4, 0.5) is 5.69 Å². The Morgan fingerprint density at radius 3 is 2.16 bits per heavy atom. The fourth-order valence-corrected chi connectivity index (χ4v) is 4.90. The van der Waals surface area contributed by atoms with Crippen LogP contribution in [0.2, 0.25) is 0 Å². The van der Waals surface area contributed by atoms with Crippen molar-refractivity contribution in [2.24, 2.45) is 0 Å². The predicted molar refractivity (Wildman–Crippen MR) is 155 cm³/mol. The fraction of sp³-hybridized carbons (Fsp3) is 0.312. The first kappa shape index (κ1) is 30.9. The quantitative estimate of drug-likeness (QED) is 0.218. The van der Waals surface area contributed by atoms with Crippen molar-refractivity contribution in [1.82, 2.24) is 0 Å². The van der Waals surface area contributed by atoms with E-state index in [9.17, 15) is 0 Å². The van der Waals surface area contributed by atoms with Crippen LogP contribution in [0.1, 0.15) is 56.9 Å². The van der Waals surface area contributed by atoms with Crippen LogP contribution in [0.5, 0.6) is 5.75 Å². The topological polar surface area (TPSA) is 80.4 Å². The van der Waals surface area contributed by atoms with Gasteiger partial charge in [-0.2, -0.15) is 0 Å². The molecule has 0 fully saturated rings. The Morgan fingerprint density at radius 1 is 1.03 bits per heavy atom. The summed E-state index contributed by atoms with van der Waals surface area (Å²) in [6, 6.07) is 24.3. The summed E-state index contributed by atoms with van der Waals surface area (Å²) in [5.41, 5.74) is 6.65. The fourth-order valence-electron chi connectivity index (χ4n) is 4.90. The standard InChI is InChI=1S/C21H24N2O.C11H15NO.Co/c1-4-23-19-11-10-17(24-3)14-18(19)21(2,20(23)12-13-22)15-16-8-6-5-7-9-16;1-11(2,3)9-6-4-8(5-7-9)10(12)13;/h5-14,22H,4,15H2,1-3H3;4-7H,1-3H3,(H2,12,13);/b20-12-,22-13?;;. The third kappa shape index (κ3) is 6.74. The molecular weight excluding hydrogens is 517 g/mol. The molecule has 1 radical (unpaired) electrons. The van der Waals surface area contributed by atoms with Crippen molar-refractivity contribution < 1.29 is 26.6 Å². The van der Waals surface area contributed by atoms with Crippen molar-refractivity contribution in [3.05, 3.63) is 107 Å². The molecule has 1 atom stereocenters. The van der Waals surface area contributed by atoms with Gasteiger partial charge in [-0.15, -0.1) is 0 Å². The molecule has 1 aliphatic heterocycles. The molecule has 38 heavy (non-hydrogen) atoms. The minimum Gasteiger partial charge on any atom is -0.497 e. The summed E-state index contributed by atoms with van der Waals surface area (Å²) in [6.45, 7) is 11.7. The van der Waals surface area contributed by atoms with Crippen molar-refractivity contribution >= 4 is 17.8 Å². The van der Waals surface area contributed by atoms with Crippen LogP contribution < -0.4 is 9.64 Å². The van der Waals surface area contributed by atoms with Gasteiger partial charge in [0, 0.05) is 51.9 Å². The molecule has 4 rings (SSSR count). The van der Waals surface area contributed by atoms with Gasteiger partial charge in [0.1, 0.15) is 5.75 Å². The molecular formula is C32H39CoN3O2. The third-order valence-electron chi connectivity index (χ3n) is 6.93. The number of nitrogens with zero attached hydrogens (tertiary/aromatic N) is 1. The van der Waals surface area contributed by atoms with Gasteiger partial charge in [0.15, 0.2) is 0 Å². The number of likely N-dealkylation sites (N-methyl/N-ethyl adjacent to an activating group) is 1. The van der Waals surface area contributed by atoms with E-state index >= 15 is 0 Å². The van der Waals surface area contributed by atoms with E-state index in [1.165, 1.54) is 34.3 Å². The van der Waals surface area contributed by atoms with Crippen LogP contribution in [-0.4, -0.2) is 30.9 Å². The van der Waals surface area contributed by atoms with E-state index in [1.54, 1.807) is 19.2 Å². The maximum absolute atomic E-state index is 8.90. The van der Waals surface area contributed by atoms with Gasteiger partial charge in [0.25, 0.3) is 0 Å². The minimum absolute atomic E-state index is 0. The summed E-state index contributed by atoms with van der Waals surface area (Å²) in [6.07, 6.45) is 4.22. The van der Waals surface area contributed by atoms with E-state index in [1.807, 2.05) is 30.3 Å². The van der Waals surface area contributed by atoms with Crippen LogP contribution in [0.15, 0.2) is 84.6 Å². The van der Waals surface area contributed by atoms with Gasteiger partial charge < -0.3 is 20.2 Å². The third-order valence-corrected chi connectivity index (χ3v) is 6.93. The normalized spacial score (nSPS) is 17.1. The van der Waals surface area contributed by atoms with Crippen molar-refractivity contribution in [2.45, 2.75) is 51.9 Å². The van der Waals surface area contributed by atoms with E-state index in [-0.39, 0.29) is 33.5 Å². The molecule has 6 heteroatoms. The second-order valence-corrected chi connectivity index (χ2v) is 10.5. The number of fused-ring (bicyclic) bond motifs is 1. The first-order chi connectivity index (χ1) is 17.5. The molecule has 203 valence electrons. The molecule has 1 aliphatic rings. The summed E-state index contributed by atoms with van der Waals surface area (Å²) in [5, 5.41) is 23.5. The average Bonchev–Trinajstić information content (AvgIpc) is 3.11. The van der Waals surface area contributed by atoms with E-state index < -0.39 is 0 Å². The Morgan fingerprint density at radius 2 is 1.66 bits per heavy atom. The SMILES string of the molecule is CC(C)(C)c1ccc(C(=N)O)cc1.CCN1/C(=C\C=N)C(C)(Cc2ccccc2)c2cc(OC)ccc21.[Co]. The van der Waals surface area contributed by atoms with Crippen molar-refractivity contribution in [1.29, 1.82) is 10.8 Å². The van der Waals surface area contributed by atoms with Crippen molar-refractivity contribution in [2.75, 3.05) is 18.6 Å². The van der Waals surface area contributed by atoms with Crippen molar-refractivity contribution in [3.63, 3.8) is 0 Å². The van der Waals surface area contributed by atoms with Crippen LogP contribution in [0, 0.1) is 10.8 Å². The second-order valence-electron chi connectivity index (χ2n) is 10.5. The van der Waals surface area contributed by atoms with E-state index in [2.05, 4.69) is 75.9 Å². The summed E-state index contributed by atoms with van der Waals surface area (Å²) in [5.74, 6) is 0.501. The second kappa shape index (κ2) is 12.9. The Kier molecular flexibility index (Phi) is 10.5. The van der Waals surface area contributed by atoms with Gasteiger partial charge in [-0.3, -0.25) is 5.41 Å². The molecule has 1 heterocycles. The monoisotopic (exact) mass is 556 g/mol. The molecule has 0 aromatic heterocycles. The van der Waals surface area contributed by atoms with Crippen LogP contribution in [0.3, 0.4) is 0 Å². The van der Waals surface area contributed by atoms with Gasteiger partial charge in [-0.1, -0.05) is 63.2 Å². The molecule has 3 aromatic carbocycles. The number of nitrogens with one attached hydrogen (secondary N) is 2. The molecule has 0 bridgehead atoms. The van der Waals surface area contributed by atoms with Gasteiger partial charge in [-0.05, 0) is 78.8 Å². The molecule has 0 saturated carbocycles. The summed E-state index contributed by atoms with van der Waals surface area (Å²) in [7, 11) is 1.71. The predicted octanol–water partition coefficient (Wildman–Crippen LogP) is 7.43. The van der Waals surface area contributed by atoms with E-state index in [0.717, 1.165) is 18.7 Å². The average molecular weight is 557 g/mol. The molecule has 3 N–H and O–H groups in total. The Labute approximate surface area is 237 Å². The summed E-state index contributed by atoms with van der Waals surface area (Å²) >= 11 is 0. The first-order valence-corrected chi connectivity index (χ1v) is 12.6. The number of aliphatic hydroxyl groups is 1. The van der Waals surface area contributed by atoms with Gasteiger partial charge in [0.05, 0.1) is 7.11 Å². The Bertz CT molecular complexity index is 1260. The molecule has 0 amide bonds. The zero-order chi connectivity index (χ0) is 27.2. The number of ether oxygens (including phenoxy) is 1. The zero-order valence-electron chi connectivity index (χ0n) is 23.1. The Balaban J connectivity index is 0.000000309. The number of rotatable bonds is 6. The number of methoxy groups -OCH3 is 1. The number of allylic oxidation sites excluding steroid dienone is 2.